The molecule has 0 fully saturated rings. The summed E-state index contributed by atoms with van der Waals surface area (Å²) in [6, 6.07) is 24.9. The summed E-state index contributed by atoms with van der Waals surface area (Å²) >= 11 is 0. The highest BCUT2D eigenvalue weighted by Crippen LogP contribution is 2.07. The topological polar surface area (TPSA) is 48.1 Å². The number of aliphatic hydroxyl groups is 1. The minimum Gasteiger partial charge on any atom is -0.385 e. The van der Waals surface area contributed by atoms with Gasteiger partial charge >= 0.3 is 0 Å². The van der Waals surface area contributed by atoms with Crippen LogP contribution in [0.1, 0.15) is 23.2 Å². The Bertz CT molecular complexity index is 851. The summed E-state index contributed by atoms with van der Waals surface area (Å²) in [5.41, 5.74) is 3.68. The number of nitrogens with one attached hydrogen (secondary N) is 1. The SMILES string of the molecule is COCCC[NH+](Cc1cccn1Cc1ccccc1)C[C@H](O)COCc1ccccc1. The van der Waals surface area contributed by atoms with E-state index in [1.165, 1.54) is 16.2 Å². The first-order valence-corrected chi connectivity index (χ1v) is 11.0. The van der Waals surface area contributed by atoms with Crippen molar-refractivity contribution < 1.29 is 19.5 Å². The Labute approximate surface area is 185 Å². The number of hydrogen-bond donors (Lipinski definition) is 2. The van der Waals surface area contributed by atoms with E-state index < -0.39 is 6.10 Å². The van der Waals surface area contributed by atoms with E-state index in [1.807, 2.05) is 36.4 Å². The lowest BCUT2D eigenvalue weighted by Gasteiger charge is -2.23. The molecule has 0 spiro atoms. The maximum absolute atomic E-state index is 10.6. The van der Waals surface area contributed by atoms with E-state index in [1.54, 1.807) is 7.11 Å². The fraction of sp³-hybridized carbons (Fsp3) is 0.385. The Morgan fingerprint density at radius 3 is 2.35 bits per heavy atom. The molecule has 3 aromatic rings. The van der Waals surface area contributed by atoms with E-state index in [0.717, 1.165) is 38.2 Å². The molecule has 2 aromatic carbocycles. The molecule has 5 nitrogen and oxygen atoms in total. The van der Waals surface area contributed by atoms with Gasteiger partial charge in [-0.1, -0.05) is 60.7 Å². The summed E-state index contributed by atoms with van der Waals surface area (Å²) in [5.74, 6) is 0. The third kappa shape index (κ3) is 8.31. The van der Waals surface area contributed by atoms with Crippen LogP contribution in [0.4, 0.5) is 0 Å². The molecule has 2 N–H and O–H groups in total. The standard InChI is InChI=1S/C26H34N2O3/c1-30-17-9-15-27(20-26(29)22-31-21-24-12-6-3-7-13-24)19-25-14-8-16-28(25)18-23-10-4-2-5-11-23/h2-8,10-14,16,26,29H,9,15,17-22H2,1H3/p+1/t26-/m0/s1. The lowest BCUT2D eigenvalue weighted by atomic mass is 10.2. The van der Waals surface area contributed by atoms with Crippen molar-refractivity contribution in [1.82, 2.24) is 4.57 Å². The summed E-state index contributed by atoms with van der Waals surface area (Å²) in [4.78, 5) is 1.33. The number of quaternary nitrogens is 1. The lowest BCUT2D eigenvalue weighted by Crippen LogP contribution is -3.12. The summed E-state index contributed by atoms with van der Waals surface area (Å²) in [6.45, 7) is 4.91. The number of hydrogen-bond acceptors (Lipinski definition) is 3. The van der Waals surface area contributed by atoms with Crippen LogP contribution in [0.3, 0.4) is 0 Å². The molecule has 31 heavy (non-hydrogen) atoms. The van der Waals surface area contributed by atoms with Gasteiger partial charge in [-0.3, -0.25) is 0 Å². The number of ether oxygens (including phenoxy) is 2. The van der Waals surface area contributed by atoms with Crippen LogP contribution in [0, 0.1) is 0 Å². The fourth-order valence-corrected chi connectivity index (χ4v) is 3.81. The minimum absolute atomic E-state index is 0.341. The van der Waals surface area contributed by atoms with Crippen molar-refractivity contribution in [2.24, 2.45) is 0 Å². The Morgan fingerprint density at radius 1 is 0.935 bits per heavy atom. The molecule has 0 saturated carbocycles. The first kappa shape index (κ1) is 23.2. The van der Waals surface area contributed by atoms with Crippen molar-refractivity contribution >= 4 is 0 Å². The van der Waals surface area contributed by atoms with E-state index >= 15 is 0 Å². The predicted molar refractivity (Wildman–Crippen MR) is 123 cm³/mol. The van der Waals surface area contributed by atoms with E-state index in [-0.39, 0.29) is 0 Å². The molecule has 0 bridgehead atoms. The molecule has 3 rings (SSSR count). The lowest BCUT2D eigenvalue weighted by molar-refractivity contribution is -0.917. The van der Waals surface area contributed by atoms with Crippen LogP contribution in [-0.4, -0.2) is 49.2 Å². The van der Waals surface area contributed by atoms with E-state index in [2.05, 4.69) is 47.2 Å². The van der Waals surface area contributed by atoms with Crippen molar-refractivity contribution in [3.05, 3.63) is 95.8 Å². The maximum atomic E-state index is 10.6. The molecular formula is C26H35N2O3+. The van der Waals surface area contributed by atoms with Gasteiger partial charge in [0, 0.05) is 26.3 Å². The van der Waals surface area contributed by atoms with Gasteiger partial charge in [0.1, 0.15) is 19.2 Å². The summed E-state index contributed by atoms with van der Waals surface area (Å²) < 4.78 is 13.3. The molecule has 5 heteroatoms. The van der Waals surface area contributed by atoms with Crippen LogP contribution in [0.5, 0.6) is 0 Å². The molecule has 1 aromatic heterocycles. The van der Waals surface area contributed by atoms with Gasteiger partial charge in [-0.2, -0.15) is 0 Å². The monoisotopic (exact) mass is 423 g/mol. The molecule has 2 atom stereocenters. The van der Waals surface area contributed by atoms with Crippen molar-refractivity contribution in [2.45, 2.75) is 32.2 Å². The van der Waals surface area contributed by atoms with Gasteiger partial charge in [-0.25, -0.2) is 0 Å². The quantitative estimate of drug-likeness (QED) is 0.392. The summed E-state index contributed by atoms with van der Waals surface area (Å²) in [5, 5.41) is 10.6. The molecule has 1 heterocycles. The summed E-state index contributed by atoms with van der Waals surface area (Å²) in [6.07, 6.45) is 2.59. The smallest absolute Gasteiger partial charge is 0.126 e. The number of methoxy groups -OCH3 is 1. The third-order valence-corrected chi connectivity index (χ3v) is 5.38. The third-order valence-electron chi connectivity index (χ3n) is 5.38. The highest BCUT2D eigenvalue weighted by Gasteiger charge is 2.18. The van der Waals surface area contributed by atoms with Crippen LogP contribution in [0.15, 0.2) is 79.0 Å². The average molecular weight is 424 g/mol. The van der Waals surface area contributed by atoms with Gasteiger partial charge in [-0.05, 0) is 23.3 Å². The molecule has 166 valence electrons. The average Bonchev–Trinajstić information content (AvgIpc) is 3.21. The Morgan fingerprint density at radius 2 is 1.65 bits per heavy atom. The van der Waals surface area contributed by atoms with Crippen molar-refractivity contribution in [3.63, 3.8) is 0 Å². The molecule has 0 amide bonds. The molecule has 0 aliphatic rings. The second-order valence-electron chi connectivity index (χ2n) is 7.99. The van der Waals surface area contributed by atoms with Crippen LogP contribution in [0.2, 0.25) is 0 Å². The maximum Gasteiger partial charge on any atom is 0.126 e. The zero-order chi connectivity index (χ0) is 21.7. The number of rotatable bonds is 14. The van der Waals surface area contributed by atoms with Gasteiger partial charge in [0.25, 0.3) is 0 Å². The van der Waals surface area contributed by atoms with Crippen molar-refractivity contribution in [2.75, 3.05) is 33.4 Å². The highest BCUT2D eigenvalue weighted by molar-refractivity contribution is 5.17. The van der Waals surface area contributed by atoms with E-state index in [9.17, 15) is 5.11 Å². The van der Waals surface area contributed by atoms with Gasteiger partial charge in [0.15, 0.2) is 0 Å². The van der Waals surface area contributed by atoms with Crippen LogP contribution >= 0.6 is 0 Å². The zero-order valence-electron chi connectivity index (χ0n) is 18.5. The van der Waals surface area contributed by atoms with Gasteiger partial charge in [0.05, 0.1) is 32.1 Å². The largest absolute Gasteiger partial charge is 0.385 e. The van der Waals surface area contributed by atoms with E-state index in [0.29, 0.717) is 19.8 Å². The molecular weight excluding hydrogens is 388 g/mol. The van der Waals surface area contributed by atoms with Crippen LogP contribution in [0.25, 0.3) is 0 Å². The molecule has 0 saturated heterocycles. The van der Waals surface area contributed by atoms with Gasteiger partial charge in [0.2, 0.25) is 0 Å². The number of nitrogens with zero attached hydrogens (tertiary/aromatic N) is 1. The highest BCUT2D eigenvalue weighted by atomic mass is 16.5. The van der Waals surface area contributed by atoms with Gasteiger partial charge in [-0.15, -0.1) is 0 Å². The Kier molecular flexibility index (Phi) is 9.80. The predicted octanol–water partition coefficient (Wildman–Crippen LogP) is 2.54. The normalized spacial score (nSPS) is 13.2. The molecule has 0 radical (unpaired) electrons. The minimum atomic E-state index is -0.501. The van der Waals surface area contributed by atoms with Crippen LogP contribution in [-0.2, 0) is 29.2 Å². The second-order valence-corrected chi connectivity index (χ2v) is 7.99. The first-order chi connectivity index (χ1) is 15.2. The van der Waals surface area contributed by atoms with Crippen molar-refractivity contribution in [3.8, 4) is 0 Å². The number of aliphatic hydroxyl groups excluding tert-OH is 1. The van der Waals surface area contributed by atoms with Gasteiger partial charge < -0.3 is 24.0 Å². The number of benzene rings is 2. The van der Waals surface area contributed by atoms with E-state index in [4.69, 9.17) is 9.47 Å². The Hall–Kier alpha value is -2.44. The first-order valence-electron chi connectivity index (χ1n) is 11.0. The van der Waals surface area contributed by atoms with Crippen molar-refractivity contribution in [1.29, 1.82) is 0 Å². The fourth-order valence-electron chi connectivity index (χ4n) is 3.81. The zero-order valence-corrected chi connectivity index (χ0v) is 18.5. The Balaban J connectivity index is 1.54. The van der Waals surface area contributed by atoms with Crippen LogP contribution < -0.4 is 4.90 Å². The molecule has 0 aliphatic heterocycles. The summed E-state index contributed by atoms with van der Waals surface area (Å²) in [7, 11) is 1.73. The second kappa shape index (κ2) is 13.1. The number of aromatic nitrogens is 1. The molecule has 0 aliphatic carbocycles. The molecule has 1 unspecified atom stereocenters.